The highest BCUT2D eigenvalue weighted by Gasteiger charge is 2.16. The SMILES string of the molecule is [B]N1C(=C)c2cccnc2N=C1C. The Morgan fingerprint density at radius 3 is 3.08 bits per heavy atom. The van der Waals surface area contributed by atoms with E-state index in [2.05, 4.69) is 16.6 Å². The smallest absolute Gasteiger partial charge is 0.236 e. The first-order chi connectivity index (χ1) is 6.20. The summed E-state index contributed by atoms with van der Waals surface area (Å²) < 4.78 is 0. The molecule has 0 saturated heterocycles. The molecule has 1 aromatic heterocycles. The molecule has 13 heavy (non-hydrogen) atoms. The van der Waals surface area contributed by atoms with Crippen LogP contribution in [0.2, 0.25) is 0 Å². The zero-order valence-corrected chi connectivity index (χ0v) is 7.36. The normalized spacial score (nSPS) is 15.3. The second-order valence-electron chi connectivity index (χ2n) is 2.85. The van der Waals surface area contributed by atoms with Gasteiger partial charge in [-0.25, -0.2) is 9.98 Å². The van der Waals surface area contributed by atoms with E-state index in [1.54, 1.807) is 6.20 Å². The predicted octanol–water partition coefficient (Wildman–Crippen LogP) is 1.50. The van der Waals surface area contributed by atoms with Crippen LogP contribution in [-0.4, -0.2) is 23.6 Å². The second-order valence-corrected chi connectivity index (χ2v) is 2.85. The van der Waals surface area contributed by atoms with E-state index >= 15 is 0 Å². The minimum absolute atomic E-state index is 0.687. The van der Waals surface area contributed by atoms with Crippen molar-refractivity contribution >= 4 is 25.3 Å². The van der Waals surface area contributed by atoms with Gasteiger partial charge in [0.1, 0.15) is 0 Å². The van der Waals surface area contributed by atoms with Crippen molar-refractivity contribution in [3.63, 3.8) is 0 Å². The fraction of sp³-hybridized carbons (Fsp3) is 0.111. The Morgan fingerprint density at radius 2 is 2.31 bits per heavy atom. The third-order valence-electron chi connectivity index (χ3n) is 2.00. The van der Waals surface area contributed by atoms with E-state index in [0.29, 0.717) is 11.7 Å². The van der Waals surface area contributed by atoms with Crippen molar-refractivity contribution in [2.45, 2.75) is 6.92 Å². The molecule has 3 nitrogen and oxygen atoms in total. The summed E-state index contributed by atoms with van der Waals surface area (Å²) in [5, 5.41) is 0. The Labute approximate surface area is 78.2 Å². The highest BCUT2D eigenvalue weighted by molar-refractivity contribution is 6.22. The van der Waals surface area contributed by atoms with Crippen LogP contribution >= 0.6 is 0 Å². The molecule has 1 aliphatic heterocycles. The summed E-state index contributed by atoms with van der Waals surface area (Å²) in [6.45, 7) is 5.69. The number of amidine groups is 1. The van der Waals surface area contributed by atoms with E-state index in [9.17, 15) is 0 Å². The van der Waals surface area contributed by atoms with E-state index in [4.69, 9.17) is 7.98 Å². The Balaban J connectivity index is 2.63. The number of aliphatic imine (C=N–C) groups is 1. The van der Waals surface area contributed by atoms with Gasteiger partial charge in [0.25, 0.3) is 0 Å². The molecular formula is C9H8BN3. The molecule has 0 bridgehead atoms. The van der Waals surface area contributed by atoms with E-state index < -0.39 is 0 Å². The van der Waals surface area contributed by atoms with Crippen LogP contribution in [0.1, 0.15) is 12.5 Å². The number of pyridine rings is 1. The van der Waals surface area contributed by atoms with Gasteiger partial charge in [-0.3, -0.25) is 0 Å². The van der Waals surface area contributed by atoms with Gasteiger partial charge < -0.3 is 4.81 Å². The average molecular weight is 169 g/mol. The van der Waals surface area contributed by atoms with Crippen LogP contribution in [0.25, 0.3) is 5.70 Å². The molecule has 62 valence electrons. The summed E-state index contributed by atoms with van der Waals surface area (Å²) in [5.74, 6) is 1.39. The molecule has 1 aromatic rings. The third kappa shape index (κ3) is 1.14. The lowest BCUT2D eigenvalue weighted by Gasteiger charge is -2.26. The van der Waals surface area contributed by atoms with E-state index in [-0.39, 0.29) is 0 Å². The standard InChI is InChI=1S/C9H8BN3/c1-6-8-4-3-5-11-9(8)12-7(2)13(6)10/h3-5H,1H2,2H3. The summed E-state index contributed by atoms with van der Waals surface area (Å²) in [4.78, 5) is 9.81. The van der Waals surface area contributed by atoms with Crippen LogP contribution in [0.5, 0.6) is 0 Å². The molecule has 0 saturated carbocycles. The molecule has 0 unspecified atom stereocenters. The molecular weight excluding hydrogens is 161 g/mol. The van der Waals surface area contributed by atoms with Gasteiger partial charge in [0.15, 0.2) is 5.82 Å². The van der Waals surface area contributed by atoms with Crippen LogP contribution < -0.4 is 0 Å². The van der Waals surface area contributed by atoms with Crippen LogP contribution in [0.15, 0.2) is 29.9 Å². The molecule has 0 aromatic carbocycles. The maximum Gasteiger partial charge on any atom is 0.236 e. The molecule has 4 heteroatoms. The highest BCUT2D eigenvalue weighted by atomic mass is 15.2. The molecule has 2 heterocycles. The monoisotopic (exact) mass is 169 g/mol. The van der Waals surface area contributed by atoms with Gasteiger partial charge >= 0.3 is 0 Å². The summed E-state index contributed by atoms with van der Waals surface area (Å²) in [6, 6.07) is 3.74. The topological polar surface area (TPSA) is 28.5 Å². The fourth-order valence-corrected chi connectivity index (χ4v) is 1.24. The Hall–Kier alpha value is -1.58. The molecule has 0 aliphatic carbocycles. The quantitative estimate of drug-likeness (QED) is 0.550. The molecule has 1 aliphatic rings. The minimum atomic E-state index is 0.687. The summed E-state index contributed by atoms with van der Waals surface area (Å²) >= 11 is 0. The van der Waals surface area contributed by atoms with Gasteiger partial charge in [0, 0.05) is 17.5 Å². The van der Waals surface area contributed by atoms with Crippen LogP contribution in [0.4, 0.5) is 5.82 Å². The van der Waals surface area contributed by atoms with Crippen LogP contribution in [-0.2, 0) is 0 Å². The maximum atomic E-state index is 5.71. The van der Waals surface area contributed by atoms with Gasteiger partial charge in [0.2, 0.25) is 7.98 Å². The molecule has 0 amide bonds. The zero-order valence-electron chi connectivity index (χ0n) is 7.36. The van der Waals surface area contributed by atoms with Crippen molar-refractivity contribution in [1.29, 1.82) is 0 Å². The Morgan fingerprint density at radius 1 is 1.54 bits per heavy atom. The van der Waals surface area contributed by atoms with E-state index in [1.165, 1.54) is 4.81 Å². The van der Waals surface area contributed by atoms with Crippen LogP contribution in [0, 0.1) is 0 Å². The number of rotatable bonds is 0. The van der Waals surface area contributed by atoms with Crippen molar-refractivity contribution in [2.24, 2.45) is 4.99 Å². The van der Waals surface area contributed by atoms with Gasteiger partial charge in [-0.15, -0.1) is 0 Å². The molecule has 0 fully saturated rings. The van der Waals surface area contributed by atoms with Crippen molar-refractivity contribution < 1.29 is 0 Å². The number of fused-ring (bicyclic) bond motifs is 1. The highest BCUT2D eigenvalue weighted by Crippen LogP contribution is 2.29. The average Bonchev–Trinajstić information content (AvgIpc) is 2.15. The lowest BCUT2D eigenvalue weighted by atomic mass is 10.1. The predicted molar refractivity (Wildman–Crippen MR) is 53.6 cm³/mol. The minimum Gasteiger partial charge on any atom is -0.386 e. The van der Waals surface area contributed by atoms with Crippen LogP contribution in [0.3, 0.4) is 0 Å². The fourth-order valence-electron chi connectivity index (χ4n) is 1.24. The van der Waals surface area contributed by atoms with Crippen molar-refractivity contribution in [3.8, 4) is 0 Å². The molecule has 0 N–H and O–H groups in total. The molecule has 2 radical (unpaired) electrons. The molecule has 0 spiro atoms. The maximum absolute atomic E-state index is 5.71. The van der Waals surface area contributed by atoms with Gasteiger partial charge in [-0.1, -0.05) is 6.58 Å². The van der Waals surface area contributed by atoms with E-state index in [0.717, 1.165) is 11.3 Å². The van der Waals surface area contributed by atoms with Crippen molar-refractivity contribution in [1.82, 2.24) is 9.79 Å². The second kappa shape index (κ2) is 2.73. The first-order valence-electron chi connectivity index (χ1n) is 3.94. The van der Waals surface area contributed by atoms with Crippen molar-refractivity contribution in [2.75, 3.05) is 0 Å². The number of aromatic nitrogens is 1. The van der Waals surface area contributed by atoms with Crippen molar-refractivity contribution in [3.05, 3.63) is 30.5 Å². The Kier molecular flexibility index (Phi) is 1.69. The number of nitrogens with zero attached hydrogens (tertiary/aromatic N) is 3. The third-order valence-corrected chi connectivity index (χ3v) is 2.00. The molecule has 0 atom stereocenters. The first-order valence-corrected chi connectivity index (χ1v) is 3.94. The summed E-state index contributed by atoms with van der Waals surface area (Å²) in [6.07, 6.45) is 1.70. The lowest BCUT2D eigenvalue weighted by molar-refractivity contribution is 0.902. The number of hydrogen-bond acceptors (Lipinski definition) is 3. The summed E-state index contributed by atoms with van der Waals surface area (Å²) in [5.41, 5.74) is 1.62. The molecule has 2 rings (SSSR count). The van der Waals surface area contributed by atoms with Gasteiger partial charge in [-0.2, -0.15) is 0 Å². The lowest BCUT2D eigenvalue weighted by Crippen LogP contribution is -2.26. The largest absolute Gasteiger partial charge is 0.386 e. The Bertz CT molecular complexity index is 398. The zero-order chi connectivity index (χ0) is 9.42. The van der Waals surface area contributed by atoms with E-state index in [1.807, 2.05) is 19.1 Å². The summed E-state index contributed by atoms with van der Waals surface area (Å²) in [7, 11) is 5.71. The number of hydrogen-bond donors (Lipinski definition) is 0. The van der Waals surface area contributed by atoms with Gasteiger partial charge in [0.05, 0.1) is 5.84 Å². The van der Waals surface area contributed by atoms with Gasteiger partial charge in [-0.05, 0) is 19.1 Å². The first kappa shape index (κ1) is 8.04.